The fraction of sp³-hybridized carbons (Fsp3) is 0.417. The van der Waals surface area contributed by atoms with Crippen LogP contribution < -0.4 is 9.62 Å². The number of anilines is 1. The molecule has 1 atom stereocenters. The van der Waals surface area contributed by atoms with Gasteiger partial charge in [-0.1, -0.05) is 35.9 Å². The van der Waals surface area contributed by atoms with E-state index >= 15 is 0 Å². The average molecular weight is 505 g/mol. The van der Waals surface area contributed by atoms with Gasteiger partial charge in [-0.2, -0.15) is 0 Å². The molecule has 2 aromatic rings. The van der Waals surface area contributed by atoms with Crippen LogP contribution >= 0.6 is 0 Å². The molecule has 0 radical (unpaired) electrons. The predicted octanol–water partition coefficient (Wildman–Crippen LogP) is 2.92. The van der Waals surface area contributed by atoms with E-state index in [4.69, 9.17) is 0 Å². The number of non-ortho nitro benzene ring substituents is 1. The lowest BCUT2D eigenvalue weighted by Crippen LogP contribution is -2.52. The predicted molar refractivity (Wildman–Crippen MR) is 134 cm³/mol. The summed E-state index contributed by atoms with van der Waals surface area (Å²) in [6.07, 6.45) is 0.929. The molecule has 0 spiro atoms. The lowest BCUT2D eigenvalue weighted by Gasteiger charge is -2.32. The summed E-state index contributed by atoms with van der Waals surface area (Å²) in [6, 6.07) is 10.2. The highest BCUT2D eigenvalue weighted by molar-refractivity contribution is 7.92. The molecule has 190 valence electrons. The molecule has 0 heterocycles. The number of aryl methyl sites for hydroxylation is 2. The molecule has 0 bridgehead atoms. The van der Waals surface area contributed by atoms with E-state index in [1.54, 1.807) is 27.7 Å². The van der Waals surface area contributed by atoms with Crippen LogP contribution in [-0.4, -0.2) is 54.9 Å². The number of rotatable bonds is 10. The number of nitrogens with one attached hydrogen (secondary N) is 1. The molecule has 0 aliphatic rings. The van der Waals surface area contributed by atoms with Crippen LogP contribution in [0.2, 0.25) is 0 Å². The van der Waals surface area contributed by atoms with Gasteiger partial charge in [0.2, 0.25) is 21.8 Å². The summed E-state index contributed by atoms with van der Waals surface area (Å²) in [6.45, 7) is 8.15. The highest BCUT2D eigenvalue weighted by Gasteiger charge is 2.31. The topological polar surface area (TPSA) is 130 Å². The minimum Gasteiger partial charge on any atom is -0.352 e. The van der Waals surface area contributed by atoms with E-state index in [-0.39, 0.29) is 29.9 Å². The first-order valence-electron chi connectivity index (χ1n) is 11.1. The van der Waals surface area contributed by atoms with E-state index in [2.05, 4.69) is 5.32 Å². The van der Waals surface area contributed by atoms with E-state index in [0.717, 1.165) is 27.8 Å². The molecule has 2 aromatic carbocycles. The first-order chi connectivity index (χ1) is 16.2. The van der Waals surface area contributed by atoms with Gasteiger partial charge in [0.15, 0.2) is 0 Å². The van der Waals surface area contributed by atoms with Crippen molar-refractivity contribution in [2.75, 3.05) is 17.1 Å². The fourth-order valence-corrected chi connectivity index (χ4v) is 4.47. The summed E-state index contributed by atoms with van der Waals surface area (Å²) < 4.78 is 26.2. The van der Waals surface area contributed by atoms with Gasteiger partial charge in [-0.25, -0.2) is 8.42 Å². The second-order valence-electron chi connectivity index (χ2n) is 8.85. The molecule has 10 nitrogen and oxygen atoms in total. The number of carbonyl (C=O) groups is 2. The SMILES string of the molecule is Cc1cccc(CN(C(=O)CN(c2cc([N+](=O)[O-])ccc2C)S(C)(=O)=O)[C@@H](C)C(=O)NC(C)C)c1. The van der Waals surface area contributed by atoms with Crippen molar-refractivity contribution in [3.8, 4) is 0 Å². The number of carbonyl (C=O) groups excluding carboxylic acids is 2. The van der Waals surface area contributed by atoms with E-state index in [9.17, 15) is 28.1 Å². The maximum absolute atomic E-state index is 13.5. The van der Waals surface area contributed by atoms with Crippen molar-refractivity contribution in [3.63, 3.8) is 0 Å². The average Bonchev–Trinajstić information content (AvgIpc) is 2.74. The summed E-state index contributed by atoms with van der Waals surface area (Å²) in [5.41, 5.74) is 1.93. The Morgan fingerprint density at radius 3 is 2.29 bits per heavy atom. The molecule has 2 amide bonds. The summed E-state index contributed by atoms with van der Waals surface area (Å²) in [5.74, 6) is -0.993. The van der Waals surface area contributed by atoms with E-state index in [1.807, 2.05) is 31.2 Å². The molecule has 0 fully saturated rings. The molecule has 0 aromatic heterocycles. The van der Waals surface area contributed by atoms with Gasteiger partial charge in [0, 0.05) is 24.7 Å². The fourth-order valence-electron chi connectivity index (χ4n) is 3.57. The van der Waals surface area contributed by atoms with Gasteiger partial charge in [0.05, 0.1) is 16.9 Å². The van der Waals surface area contributed by atoms with E-state index in [1.165, 1.54) is 17.0 Å². The van der Waals surface area contributed by atoms with Crippen LogP contribution in [-0.2, 0) is 26.2 Å². The quantitative estimate of drug-likeness (QED) is 0.391. The zero-order valence-corrected chi connectivity index (χ0v) is 21.6. The summed E-state index contributed by atoms with van der Waals surface area (Å²) in [7, 11) is -3.99. The monoisotopic (exact) mass is 504 g/mol. The maximum atomic E-state index is 13.5. The zero-order valence-electron chi connectivity index (χ0n) is 20.8. The number of nitro benzene ring substituents is 1. The molecule has 0 unspecified atom stereocenters. The van der Waals surface area contributed by atoms with Crippen molar-refractivity contribution in [2.45, 2.75) is 53.2 Å². The number of nitrogens with zero attached hydrogens (tertiary/aromatic N) is 3. The Balaban J connectivity index is 2.49. The molecule has 2 rings (SSSR count). The molecule has 11 heteroatoms. The number of sulfonamides is 1. The highest BCUT2D eigenvalue weighted by atomic mass is 32.2. The smallest absolute Gasteiger partial charge is 0.271 e. The third-order valence-corrected chi connectivity index (χ3v) is 6.51. The Hall–Kier alpha value is -3.47. The van der Waals surface area contributed by atoms with Crippen molar-refractivity contribution in [1.82, 2.24) is 10.2 Å². The van der Waals surface area contributed by atoms with Crippen LogP contribution in [0.25, 0.3) is 0 Å². The molecular weight excluding hydrogens is 472 g/mol. The standard InChI is InChI=1S/C24H32N4O6S/c1-16(2)25-24(30)19(5)26(14-20-9-7-8-17(3)12-20)23(29)15-27(35(6,33)34)22-13-21(28(31)32)11-10-18(22)4/h7-13,16,19H,14-15H2,1-6H3,(H,25,30)/t19-/m0/s1. The third kappa shape index (κ3) is 7.51. The number of hydrogen-bond acceptors (Lipinski definition) is 6. The number of benzene rings is 2. The second kappa shape index (κ2) is 11.3. The van der Waals surface area contributed by atoms with Crippen molar-refractivity contribution >= 4 is 33.2 Å². The number of amides is 2. The van der Waals surface area contributed by atoms with Gasteiger partial charge in [-0.05, 0) is 45.7 Å². The Labute approximate surface area is 206 Å². The van der Waals surface area contributed by atoms with Crippen molar-refractivity contribution < 1.29 is 22.9 Å². The molecule has 0 aliphatic heterocycles. The third-order valence-electron chi connectivity index (χ3n) is 5.39. The minimum atomic E-state index is -3.99. The number of hydrogen-bond donors (Lipinski definition) is 1. The van der Waals surface area contributed by atoms with Gasteiger partial charge in [-0.15, -0.1) is 0 Å². The van der Waals surface area contributed by atoms with Crippen LogP contribution in [0.1, 0.15) is 37.5 Å². The second-order valence-corrected chi connectivity index (χ2v) is 10.8. The summed E-state index contributed by atoms with van der Waals surface area (Å²) in [5, 5.41) is 14.0. The van der Waals surface area contributed by atoms with Gasteiger partial charge >= 0.3 is 0 Å². The lowest BCUT2D eigenvalue weighted by molar-refractivity contribution is -0.384. The Kier molecular flexibility index (Phi) is 8.97. The van der Waals surface area contributed by atoms with Gasteiger partial charge < -0.3 is 10.2 Å². The van der Waals surface area contributed by atoms with Gasteiger partial charge in [0.1, 0.15) is 12.6 Å². The van der Waals surface area contributed by atoms with E-state index < -0.39 is 33.4 Å². The Morgan fingerprint density at radius 1 is 1.09 bits per heavy atom. The summed E-state index contributed by atoms with van der Waals surface area (Å²) in [4.78, 5) is 38.3. The first kappa shape index (κ1) is 27.8. The van der Waals surface area contributed by atoms with Crippen LogP contribution in [0.3, 0.4) is 0 Å². The maximum Gasteiger partial charge on any atom is 0.271 e. The largest absolute Gasteiger partial charge is 0.352 e. The van der Waals surface area contributed by atoms with Crippen LogP contribution in [0.5, 0.6) is 0 Å². The van der Waals surface area contributed by atoms with Crippen molar-refractivity contribution in [3.05, 3.63) is 69.3 Å². The van der Waals surface area contributed by atoms with Crippen LogP contribution in [0, 0.1) is 24.0 Å². The van der Waals surface area contributed by atoms with Gasteiger partial charge in [-0.3, -0.25) is 24.0 Å². The number of nitro groups is 1. The molecule has 0 aliphatic carbocycles. The van der Waals surface area contributed by atoms with Crippen molar-refractivity contribution in [1.29, 1.82) is 0 Å². The molecule has 35 heavy (non-hydrogen) atoms. The van der Waals surface area contributed by atoms with E-state index in [0.29, 0.717) is 5.56 Å². The molecule has 0 saturated carbocycles. The van der Waals surface area contributed by atoms with Gasteiger partial charge in [0.25, 0.3) is 5.69 Å². The molecule has 1 N–H and O–H groups in total. The minimum absolute atomic E-state index is 0.0323. The Morgan fingerprint density at radius 2 is 1.74 bits per heavy atom. The highest BCUT2D eigenvalue weighted by Crippen LogP contribution is 2.28. The first-order valence-corrected chi connectivity index (χ1v) is 12.9. The zero-order chi connectivity index (χ0) is 26.5. The normalized spacial score (nSPS) is 12.2. The van der Waals surface area contributed by atoms with Crippen LogP contribution in [0.15, 0.2) is 42.5 Å². The van der Waals surface area contributed by atoms with Crippen molar-refractivity contribution in [2.24, 2.45) is 0 Å². The molecule has 0 saturated heterocycles. The lowest BCUT2D eigenvalue weighted by atomic mass is 10.1. The van der Waals surface area contributed by atoms with Crippen LogP contribution in [0.4, 0.5) is 11.4 Å². The molecular formula is C24H32N4O6S. The Bertz CT molecular complexity index is 1210. The summed E-state index contributed by atoms with van der Waals surface area (Å²) >= 11 is 0.